The molecule has 2 amide bonds. The summed E-state index contributed by atoms with van der Waals surface area (Å²) in [6.45, 7) is 1.52. The zero-order chi connectivity index (χ0) is 15.0. The highest BCUT2D eigenvalue weighted by Gasteiger charge is 2.11. The molecule has 7 heteroatoms. The van der Waals surface area contributed by atoms with Gasteiger partial charge in [-0.2, -0.15) is 0 Å². The number of ether oxygens (including phenoxy) is 1. The highest BCUT2D eigenvalue weighted by Crippen LogP contribution is 2.15. The van der Waals surface area contributed by atoms with Crippen LogP contribution in [0.3, 0.4) is 0 Å². The molecule has 1 aromatic carbocycles. The van der Waals surface area contributed by atoms with E-state index >= 15 is 0 Å². The molecule has 0 atom stereocenters. The second-order valence-corrected chi connectivity index (χ2v) is 4.60. The second-order valence-electron chi connectivity index (χ2n) is 3.74. The van der Waals surface area contributed by atoms with E-state index in [-0.39, 0.29) is 25.6 Å². The first kappa shape index (κ1) is 16.2. The molecule has 0 aliphatic carbocycles. The smallest absolute Gasteiger partial charge is 0.325 e. The van der Waals surface area contributed by atoms with Gasteiger partial charge in [-0.05, 0) is 35.0 Å². The van der Waals surface area contributed by atoms with Gasteiger partial charge in [0.2, 0.25) is 5.91 Å². The number of halogens is 1. The summed E-state index contributed by atoms with van der Waals surface area (Å²) in [6, 6.07) is 6.87. The van der Waals surface area contributed by atoms with Crippen molar-refractivity contribution in [3.8, 4) is 0 Å². The number of benzene rings is 1. The van der Waals surface area contributed by atoms with Gasteiger partial charge in [-0.15, -0.1) is 0 Å². The largest absolute Gasteiger partial charge is 0.465 e. The molecule has 0 aromatic heterocycles. The first-order valence-corrected chi connectivity index (χ1v) is 6.79. The van der Waals surface area contributed by atoms with Crippen LogP contribution in [-0.2, 0) is 14.3 Å². The van der Waals surface area contributed by atoms with Gasteiger partial charge in [0.1, 0.15) is 6.54 Å². The van der Waals surface area contributed by atoms with Crippen molar-refractivity contribution in [2.45, 2.75) is 6.92 Å². The molecule has 20 heavy (non-hydrogen) atoms. The van der Waals surface area contributed by atoms with Crippen LogP contribution in [-0.4, -0.2) is 37.5 Å². The van der Waals surface area contributed by atoms with E-state index in [1.807, 2.05) is 0 Å². The van der Waals surface area contributed by atoms with Crippen molar-refractivity contribution in [1.82, 2.24) is 10.6 Å². The maximum absolute atomic E-state index is 11.8. The van der Waals surface area contributed by atoms with Crippen LogP contribution in [0.15, 0.2) is 28.7 Å². The van der Waals surface area contributed by atoms with Crippen LogP contribution in [0.2, 0.25) is 0 Å². The highest BCUT2D eigenvalue weighted by molar-refractivity contribution is 9.10. The average Bonchev–Trinajstić information content (AvgIpc) is 2.43. The lowest BCUT2D eigenvalue weighted by Gasteiger charge is -2.07. The zero-order valence-electron chi connectivity index (χ0n) is 10.9. The van der Waals surface area contributed by atoms with Gasteiger partial charge in [-0.1, -0.05) is 12.1 Å². The summed E-state index contributed by atoms with van der Waals surface area (Å²) < 4.78 is 5.30. The van der Waals surface area contributed by atoms with Crippen molar-refractivity contribution in [1.29, 1.82) is 0 Å². The Hall–Kier alpha value is -1.89. The van der Waals surface area contributed by atoms with Crippen molar-refractivity contribution in [2.24, 2.45) is 0 Å². The molecule has 108 valence electrons. The van der Waals surface area contributed by atoms with Crippen LogP contribution in [0.4, 0.5) is 0 Å². The Bertz CT molecular complexity index is 505. The van der Waals surface area contributed by atoms with Crippen LogP contribution in [0, 0.1) is 0 Å². The average molecular weight is 343 g/mol. The summed E-state index contributed by atoms with van der Waals surface area (Å²) in [5.41, 5.74) is 0.436. The second kappa shape index (κ2) is 8.31. The standard InChI is InChI=1S/C13H15BrN2O4/c1-2-20-12(18)8-15-11(17)7-16-13(19)9-5-3-4-6-10(9)14/h3-6H,2,7-8H2,1H3,(H,15,17)(H,16,19). The van der Waals surface area contributed by atoms with Gasteiger partial charge in [0.25, 0.3) is 5.91 Å². The van der Waals surface area contributed by atoms with Crippen molar-refractivity contribution in [2.75, 3.05) is 19.7 Å². The molecule has 0 unspecified atom stereocenters. The first-order valence-electron chi connectivity index (χ1n) is 5.99. The maximum atomic E-state index is 11.8. The Kier molecular flexibility index (Phi) is 6.72. The number of rotatable bonds is 6. The van der Waals surface area contributed by atoms with Gasteiger partial charge in [0.05, 0.1) is 18.7 Å². The normalized spacial score (nSPS) is 9.70. The Morgan fingerprint density at radius 1 is 1.15 bits per heavy atom. The number of hydrogen-bond acceptors (Lipinski definition) is 4. The fourth-order valence-electron chi connectivity index (χ4n) is 1.35. The van der Waals surface area contributed by atoms with E-state index < -0.39 is 11.9 Å². The molecule has 0 fully saturated rings. The SMILES string of the molecule is CCOC(=O)CNC(=O)CNC(=O)c1ccccc1Br. The molecule has 0 heterocycles. The molecular weight excluding hydrogens is 328 g/mol. The number of esters is 1. The highest BCUT2D eigenvalue weighted by atomic mass is 79.9. The number of carbonyl (C=O) groups excluding carboxylic acids is 3. The molecule has 0 aliphatic heterocycles. The third kappa shape index (κ3) is 5.40. The van der Waals surface area contributed by atoms with Crippen molar-refractivity contribution >= 4 is 33.7 Å². The quantitative estimate of drug-likeness (QED) is 0.751. The predicted octanol–water partition coefficient (Wildman–Crippen LogP) is 0.858. The monoisotopic (exact) mass is 342 g/mol. The molecule has 0 saturated heterocycles. The fourth-order valence-corrected chi connectivity index (χ4v) is 1.81. The van der Waals surface area contributed by atoms with Crippen molar-refractivity contribution < 1.29 is 19.1 Å². The van der Waals surface area contributed by atoms with E-state index in [1.165, 1.54) is 0 Å². The minimum absolute atomic E-state index is 0.209. The molecule has 0 radical (unpaired) electrons. The molecule has 0 saturated carbocycles. The lowest BCUT2D eigenvalue weighted by molar-refractivity contribution is -0.143. The third-order valence-corrected chi connectivity index (χ3v) is 2.95. The van der Waals surface area contributed by atoms with E-state index in [9.17, 15) is 14.4 Å². The molecule has 1 aromatic rings. The Balaban J connectivity index is 2.36. The van der Waals surface area contributed by atoms with Gasteiger partial charge in [-0.25, -0.2) is 0 Å². The summed E-state index contributed by atoms with van der Waals surface area (Å²) in [5.74, 6) is -1.35. The molecule has 6 nitrogen and oxygen atoms in total. The van der Waals surface area contributed by atoms with Gasteiger partial charge in [0, 0.05) is 4.47 Å². The molecular formula is C13H15BrN2O4. The lowest BCUT2D eigenvalue weighted by atomic mass is 10.2. The van der Waals surface area contributed by atoms with Gasteiger partial charge in [-0.3, -0.25) is 14.4 Å². The Morgan fingerprint density at radius 3 is 2.50 bits per heavy atom. The minimum atomic E-state index is -0.516. The molecule has 0 bridgehead atoms. The number of hydrogen-bond donors (Lipinski definition) is 2. The van der Waals surface area contributed by atoms with E-state index in [2.05, 4.69) is 31.3 Å². The van der Waals surface area contributed by atoms with Crippen molar-refractivity contribution in [3.63, 3.8) is 0 Å². The topological polar surface area (TPSA) is 84.5 Å². The fraction of sp³-hybridized carbons (Fsp3) is 0.308. The zero-order valence-corrected chi connectivity index (χ0v) is 12.5. The summed E-state index contributed by atoms with van der Waals surface area (Å²) >= 11 is 3.25. The van der Waals surface area contributed by atoms with Crippen LogP contribution < -0.4 is 10.6 Å². The van der Waals surface area contributed by atoms with Crippen LogP contribution in [0.1, 0.15) is 17.3 Å². The van der Waals surface area contributed by atoms with E-state index in [0.29, 0.717) is 10.0 Å². The Morgan fingerprint density at radius 2 is 1.85 bits per heavy atom. The van der Waals surface area contributed by atoms with E-state index in [0.717, 1.165) is 0 Å². The minimum Gasteiger partial charge on any atom is -0.465 e. The number of amides is 2. The number of nitrogens with one attached hydrogen (secondary N) is 2. The van der Waals surface area contributed by atoms with Crippen LogP contribution in [0.5, 0.6) is 0 Å². The first-order chi connectivity index (χ1) is 9.54. The summed E-state index contributed by atoms with van der Waals surface area (Å²) in [4.78, 5) is 34.2. The summed E-state index contributed by atoms with van der Waals surface area (Å²) in [5, 5.41) is 4.81. The van der Waals surface area contributed by atoms with Crippen LogP contribution in [0.25, 0.3) is 0 Å². The molecule has 2 N–H and O–H groups in total. The summed E-state index contributed by atoms with van der Waals surface area (Å²) in [7, 11) is 0. The maximum Gasteiger partial charge on any atom is 0.325 e. The van der Waals surface area contributed by atoms with Gasteiger partial charge < -0.3 is 15.4 Å². The van der Waals surface area contributed by atoms with Crippen molar-refractivity contribution in [3.05, 3.63) is 34.3 Å². The van der Waals surface area contributed by atoms with Crippen LogP contribution >= 0.6 is 15.9 Å². The predicted molar refractivity (Wildman–Crippen MR) is 76.1 cm³/mol. The molecule has 0 spiro atoms. The number of carbonyl (C=O) groups is 3. The lowest BCUT2D eigenvalue weighted by Crippen LogP contribution is -2.39. The molecule has 0 aliphatic rings. The Labute approximate surface area is 125 Å². The van der Waals surface area contributed by atoms with Gasteiger partial charge >= 0.3 is 5.97 Å². The van der Waals surface area contributed by atoms with E-state index in [4.69, 9.17) is 0 Å². The van der Waals surface area contributed by atoms with Gasteiger partial charge in [0.15, 0.2) is 0 Å². The summed E-state index contributed by atoms with van der Waals surface area (Å²) in [6.07, 6.45) is 0. The van der Waals surface area contributed by atoms with E-state index in [1.54, 1.807) is 31.2 Å². The molecule has 1 rings (SSSR count). The third-order valence-electron chi connectivity index (χ3n) is 2.26.